The minimum Gasteiger partial charge on any atom is -0.337 e. The summed E-state index contributed by atoms with van der Waals surface area (Å²) in [6.07, 6.45) is 1.07. The summed E-state index contributed by atoms with van der Waals surface area (Å²) in [5, 5.41) is 3.31. The van der Waals surface area contributed by atoms with Crippen molar-refractivity contribution in [2.45, 2.75) is 33.2 Å². The van der Waals surface area contributed by atoms with Crippen molar-refractivity contribution >= 4 is 5.91 Å². The number of carbonyl (C=O) groups excluding carboxylic acids is 1. The van der Waals surface area contributed by atoms with Crippen LogP contribution in [0.4, 0.5) is 0 Å². The number of nitrogens with zero attached hydrogens (tertiary/aromatic N) is 1. The predicted octanol–water partition coefficient (Wildman–Crippen LogP) is 0.853. The molecule has 2 atom stereocenters. The van der Waals surface area contributed by atoms with E-state index < -0.39 is 0 Å². The Labute approximate surface area is 85.8 Å². The zero-order chi connectivity index (χ0) is 10.3. The summed E-state index contributed by atoms with van der Waals surface area (Å²) in [6.45, 7) is 9.26. The first-order valence-corrected chi connectivity index (χ1v) is 5.53. The smallest absolute Gasteiger partial charge is 0.226 e. The van der Waals surface area contributed by atoms with Crippen LogP contribution < -0.4 is 5.32 Å². The maximum absolute atomic E-state index is 12.1. The van der Waals surface area contributed by atoms with Gasteiger partial charge in [0, 0.05) is 31.6 Å². The van der Waals surface area contributed by atoms with Crippen molar-refractivity contribution in [1.82, 2.24) is 10.2 Å². The summed E-state index contributed by atoms with van der Waals surface area (Å²) >= 11 is 0. The van der Waals surface area contributed by atoms with Crippen molar-refractivity contribution in [3.8, 4) is 0 Å². The molecule has 0 radical (unpaired) electrons. The Morgan fingerprint density at radius 3 is 2.64 bits per heavy atom. The fourth-order valence-corrected chi connectivity index (χ4v) is 2.26. The van der Waals surface area contributed by atoms with Crippen LogP contribution in [-0.4, -0.2) is 36.5 Å². The van der Waals surface area contributed by atoms with Gasteiger partial charge >= 0.3 is 0 Å². The second-order valence-electron chi connectivity index (χ2n) is 5.33. The van der Waals surface area contributed by atoms with Gasteiger partial charge in [-0.05, 0) is 18.8 Å². The van der Waals surface area contributed by atoms with Crippen LogP contribution in [0.3, 0.4) is 0 Å². The zero-order valence-corrected chi connectivity index (χ0v) is 9.34. The third-order valence-corrected chi connectivity index (χ3v) is 3.60. The Bertz CT molecular complexity index is 250. The molecule has 0 aromatic rings. The van der Waals surface area contributed by atoms with Gasteiger partial charge in [0.15, 0.2) is 0 Å². The van der Waals surface area contributed by atoms with E-state index in [0.717, 1.165) is 26.1 Å². The molecule has 2 rings (SSSR count). The normalized spacial score (nSPS) is 35.5. The molecule has 0 aromatic heterocycles. The van der Waals surface area contributed by atoms with Crippen LogP contribution in [0, 0.1) is 11.3 Å². The summed E-state index contributed by atoms with van der Waals surface area (Å²) < 4.78 is 0. The number of carbonyl (C=O) groups is 1. The molecule has 80 valence electrons. The van der Waals surface area contributed by atoms with Gasteiger partial charge in [0.1, 0.15) is 0 Å². The second kappa shape index (κ2) is 3.23. The molecular formula is C11H20N2O. The SMILES string of the molecule is CC1CNCCN1C(=O)C1CC1(C)C. The zero-order valence-electron chi connectivity index (χ0n) is 9.34. The summed E-state index contributed by atoms with van der Waals surface area (Å²) in [5.74, 6) is 0.673. The van der Waals surface area contributed by atoms with Gasteiger partial charge in [0.05, 0.1) is 0 Å². The first-order valence-electron chi connectivity index (χ1n) is 5.53. The minimum absolute atomic E-state index is 0.266. The van der Waals surface area contributed by atoms with Gasteiger partial charge in [-0.2, -0.15) is 0 Å². The predicted molar refractivity (Wildman–Crippen MR) is 55.9 cm³/mol. The Hall–Kier alpha value is -0.570. The third kappa shape index (κ3) is 1.65. The quantitative estimate of drug-likeness (QED) is 0.674. The van der Waals surface area contributed by atoms with Crippen LogP contribution in [0.15, 0.2) is 0 Å². The first-order chi connectivity index (χ1) is 6.52. The van der Waals surface area contributed by atoms with E-state index in [1.54, 1.807) is 0 Å². The lowest BCUT2D eigenvalue weighted by Crippen LogP contribution is -2.53. The lowest BCUT2D eigenvalue weighted by Gasteiger charge is -2.34. The topological polar surface area (TPSA) is 32.3 Å². The largest absolute Gasteiger partial charge is 0.337 e. The van der Waals surface area contributed by atoms with Gasteiger partial charge in [-0.1, -0.05) is 13.8 Å². The Balaban J connectivity index is 1.97. The third-order valence-electron chi connectivity index (χ3n) is 3.60. The molecule has 1 N–H and O–H groups in total. The van der Waals surface area contributed by atoms with E-state index in [-0.39, 0.29) is 5.41 Å². The molecule has 1 heterocycles. The monoisotopic (exact) mass is 196 g/mol. The van der Waals surface area contributed by atoms with Crippen molar-refractivity contribution in [3.05, 3.63) is 0 Å². The van der Waals surface area contributed by atoms with Crippen LogP contribution in [-0.2, 0) is 4.79 Å². The molecule has 3 nitrogen and oxygen atoms in total. The molecule has 0 spiro atoms. The van der Waals surface area contributed by atoms with Gasteiger partial charge in [-0.15, -0.1) is 0 Å². The molecule has 0 bridgehead atoms. The van der Waals surface area contributed by atoms with Gasteiger partial charge in [-0.3, -0.25) is 4.79 Å². The van der Waals surface area contributed by atoms with E-state index in [4.69, 9.17) is 0 Å². The molecule has 1 aliphatic heterocycles. The van der Waals surface area contributed by atoms with Crippen molar-refractivity contribution in [1.29, 1.82) is 0 Å². The molecule has 2 unspecified atom stereocenters. The number of piperazine rings is 1. The number of hydrogen-bond donors (Lipinski definition) is 1. The average Bonchev–Trinajstić information content (AvgIpc) is 2.75. The van der Waals surface area contributed by atoms with E-state index in [1.165, 1.54) is 0 Å². The van der Waals surface area contributed by atoms with Crippen molar-refractivity contribution in [2.75, 3.05) is 19.6 Å². The van der Waals surface area contributed by atoms with Crippen molar-refractivity contribution < 1.29 is 4.79 Å². The highest BCUT2D eigenvalue weighted by molar-refractivity contribution is 5.82. The molecule has 2 fully saturated rings. The summed E-state index contributed by atoms with van der Waals surface area (Å²) in [5.41, 5.74) is 0.266. The number of nitrogens with one attached hydrogen (secondary N) is 1. The van der Waals surface area contributed by atoms with Gasteiger partial charge in [0.25, 0.3) is 0 Å². The lowest BCUT2D eigenvalue weighted by atomic mass is 10.1. The molecule has 1 amide bonds. The maximum Gasteiger partial charge on any atom is 0.226 e. The number of amides is 1. The van der Waals surface area contributed by atoms with Gasteiger partial charge < -0.3 is 10.2 Å². The Morgan fingerprint density at radius 2 is 2.14 bits per heavy atom. The summed E-state index contributed by atoms with van der Waals surface area (Å²) in [6, 6.07) is 0.368. The Morgan fingerprint density at radius 1 is 1.50 bits per heavy atom. The van der Waals surface area contributed by atoms with Crippen LogP contribution in [0.5, 0.6) is 0 Å². The molecule has 1 aliphatic carbocycles. The van der Waals surface area contributed by atoms with Crippen LogP contribution in [0.2, 0.25) is 0 Å². The van der Waals surface area contributed by atoms with E-state index in [9.17, 15) is 4.79 Å². The highest BCUT2D eigenvalue weighted by atomic mass is 16.2. The van der Waals surface area contributed by atoms with E-state index in [2.05, 4.69) is 31.0 Å². The minimum atomic E-state index is 0.266. The van der Waals surface area contributed by atoms with E-state index in [0.29, 0.717) is 17.9 Å². The number of hydrogen-bond acceptors (Lipinski definition) is 2. The summed E-state index contributed by atoms with van der Waals surface area (Å²) in [4.78, 5) is 14.1. The molecule has 1 saturated carbocycles. The molecular weight excluding hydrogens is 176 g/mol. The van der Waals surface area contributed by atoms with Crippen molar-refractivity contribution in [3.63, 3.8) is 0 Å². The Kier molecular flexibility index (Phi) is 2.30. The number of rotatable bonds is 1. The van der Waals surface area contributed by atoms with E-state index in [1.807, 2.05) is 0 Å². The molecule has 14 heavy (non-hydrogen) atoms. The van der Waals surface area contributed by atoms with Gasteiger partial charge in [-0.25, -0.2) is 0 Å². The van der Waals surface area contributed by atoms with E-state index >= 15 is 0 Å². The summed E-state index contributed by atoms with van der Waals surface area (Å²) in [7, 11) is 0. The second-order valence-corrected chi connectivity index (χ2v) is 5.33. The standard InChI is InChI=1S/C11H20N2O/c1-8-7-12-4-5-13(8)10(14)9-6-11(9,2)3/h8-9,12H,4-7H2,1-3H3. The van der Waals surface area contributed by atoms with Crippen LogP contribution >= 0.6 is 0 Å². The molecule has 1 saturated heterocycles. The molecule has 2 aliphatic rings. The highest BCUT2D eigenvalue weighted by Crippen LogP contribution is 2.52. The molecule has 0 aromatic carbocycles. The highest BCUT2D eigenvalue weighted by Gasteiger charge is 2.52. The van der Waals surface area contributed by atoms with Gasteiger partial charge in [0.2, 0.25) is 5.91 Å². The fourth-order valence-electron chi connectivity index (χ4n) is 2.26. The van der Waals surface area contributed by atoms with Crippen molar-refractivity contribution in [2.24, 2.45) is 11.3 Å². The lowest BCUT2D eigenvalue weighted by molar-refractivity contribution is -0.136. The first kappa shape index (κ1) is 9.97. The van der Waals surface area contributed by atoms with Crippen LogP contribution in [0.25, 0.3) is 0 Å². The van der Waals surface area contributed by atoms with Crippen LogP contribution in [0.1, 0.15) is 27.2 Å². The fraction of sp³-hybridized carbons (Fsp3) is 0.909. The average molecular weight is 196 g/mol. The molecule has 3 heteroatoms. The maximum atomic E-state index is 12.1.